The quantitative estimate of drug-likeness (QED) is 0.501. The van der Waals surface area contributed by atoms with Crippen molar-refractivity contribution in [3.63, 3.8) is 0 Å². The molecule has 0 saturated carbocycles. The number of rotatable bonds is 5. The van der Waals surface area contributed by atoms with Crippen LogP contribution in [0.25, 0.3) is 0 Å². The standard InChI is InChI=1S/C14H12N2O2S2/c15-11-5-9(7-17)1-3-13(11)19-20-14-4-2-10(8-18)6-12(14)16/h1-8H,15-16H2. The van der Waals surface area contributed by atoms with Gasteiger partial charge in [-0.1, -0.05) is 33.7 Å². The number of carbonyl (C=O) groups excluding carboxylic acids is 2. The van der Waals surface area contributed by atoms with Crippen LogP contribution < -0.4 is 11.5 Å². The molecule has 0 fully saturated rings. The molecule has 2 rings (SSSR count). The topological polar surface area (TPSA) is 86.2 Å². The molecule has 20 heavy (non-hydrogen) atoms. The van der Waals surface area contributed by atoms with E-state index in [9.17, 15) is 9.59 Å². The number of benzene rings is 2. The smallest absolute Gasteiger partial charge is 0.150 e. The van der Waals surface area contributed by atoms with Crippen LogP contribution in [-0.2, 0) is 0 Å². The van der Waals surface area contributed by atoms with Gasteiger partial charge in [0.2, 0.25) is 0 Å². The van der Waals surface area contributed by atoms with E-state index in [1.807, 2.05) is 0 Å². The van der Waals surface area contributed by atoms with Crippen LogP contribution >= 0.6 is 21.6 Å². The van der Waals surface area contributed by atoms with Crippen LogP contribution in [0.5, 0.6) is 0 Å². The molecule has 0 bridgehead atoms. The predicted molar refractivity (Wildman–Crippen MR) is 84.2 cm³/mol. The molecule has 2 aromatic rings. The van der Waals surface area contributed by atoms with Gasteiger partial charge in [-0.25, -0.2) is 0 Å². The molecule has 2 aromatic carbocycles. The maximum atomic E-state index is 10.6. The minimum atomic E-state index is 0.548. The third kappa shape index (κ3) is 3.34. The van der Waals surface area contributed by atoms with Gasteiger partial charge < -0.3 is 11.5 Å². The Morgan fingerprint density at radius 2 is 1.15 bits per heavy atom. The van der Waals surface area contributed by atoms with Crippen molar-refractivity contribution >= 4 is 45.5 Å². The summed E-state index contributed by atoms with van der Waals surface area (Å²) in [6, 6.07) is 10.3. The van der Waals surface area contributed by atoms with Crippen molar-refractivity contribution < 1.29 is 9.59 Å². The van der Waals surface area contributed by atoms with Gasteiger partial charge in [-0.2, -0.15) is 0 Å². The van der Waals surface area contributed by atoms with Gasteiger partial charge in [0.1, 0.15) is 12.6 Å². The van der Waals surface area contributed by atoms with E-state index >= 15 is 0 Å². The van der Waals surface area contributed by atoms with Gasteiger partial charge in [0, 0.05) is 32.3 Å². The fourth-order valence-electron chi connectivity index (χ4n) is 1.52. The van der Waals surface area contributed by atoms with E-state index in [2.05, 4.69) is 0 Å². The van der Waals surface area contributed by atoms with Crippen LogP contribution in [0.1, 0.15) is 20.7 Å². The van der Waals surface area contributed by atoms with Gasteiger partial charge >= 0.3 is 0 Å². The molecule has 0 aromatic heterocycles. The van der Waals surface area contributed by atoms with E-state index in [1.54, 1.807) is 36.4 Å². The summed E-state index contributed by atoms with van der Waals surface area (Å²) in [4.78, 5) is 23.0. The largest absolute Gasteiger partial charge is 0.398 e. The summed E-state index contributed by atoms with van der Waals surface area (Å²) >= 11 is 0. The SMILES string of the molecule is Nc1cc(C=O)ccc1SSc1ccc(C=O)cc1N. The van der Waals surface area contributed by atoms with E-state index in [-0.39, 0.29) is 0 Å². The van der Waals surface area contributed by atoms with Gasteiger partial charge in [0.25, 0.3) is 0 Å². The molecule has 0 aliphatic carbocycles. The highest BCUT2D eigenvalue weighted by atomic mass is 33.1. The number of hydrogen-bond acceptors (Lipinski definition) is 6. The molecule has 6 heteroatoms. The number of anilines is 2. The monoisotopic (exact) mass is 304 g/mol. The van der Waals surface area contributed by atoms with Crippen molar-refractivity contribution in [3.05, 3.63) is 47.5 Å². The highest BCUT2D eigenvalue weighted by molar-refractivity contribution is 8.76. The predicted octanol–water partition coefficient (Wildman–Crippen LogP) is 3.28. The fraction of sp³-hybridized carbons (Fsp3) is 0. The summed E-state index contributed by atoms with van der Waals surface area (Å²) in [5.41, 5.74) is 13.9. The molecule has 0 heterocycles. The van der Waals surface area contributed by atoms with E-state index in [1.165, 1.54) is 21.6 Å². The summed E-state index contributed by atoms with van der Waals surface area (Å²) in [5.74, 6) is 0. The zero-order valence-corrected chi connectivity index (χ0v) is 12.0. The van der Waals surface area contributed by atoms with E-state index in [0.29, 0.717) is 22.5 Å². The van der Waals surface area contributed by atoms with Gasteiger partial charge in [-0.05, 0) is 24.3 Å². The first kappa shape index (κ1) is 14.5. The number of aldehydes is 2. The molecule has 0 radical (unpaired) electrons. The van der Waals surface area contributed by atoms with Crippen LogP contribution in [0, 0.1) is 0 Å². The summed E-state index contributed by atoms with van der Waals surface area (Å²) in [6.45, 7) is 0. The molecule has 0 saturated heterocycles. The highest BCUT2D eigenvalue weighted by Crippen LogP contribution is 2.42. The highest BCUT2D eigenvalue weighted by Gasteiger charge is 2.06. The Morgan fingerprint density at radius 1 is 0.750 bits per heavy atom. The van der Waals surface area contributed by atoms with Crippen molar-refractivity contribution in [2.24, 2.45) is 0 Å². The molecule has 102 valence electrons. The lowest BCUT2D eigenvalue weighted by Gasteiger charge is -2.07. The lowest BCUT2D eigenvalue weighted by atomic mass is 10.2. The Bertz CT molecular complexity index is 602. The fourth-order valence-corrected chi connectivity index (χ4v) is 3.71. The third-order valence-corrected chi connectivity index (χ3v) is 5.07. The Labute approximate surface area is 124 Å². The lowest BCUT2D eigenvalue weighted by Crippen LogP contribution is -1.91. The van der Waals surface area contributed by atoms with Crippen LogP contribution in [0.3, 0.4) is 0 Å². The first-order valence-electron chi connectivity index (χ1n) is 5.68. The Balaban J connectivity index is 2.12. The lowest BCUT2D eigenvalue weighted by molar-refractivity contribution is 0.111. The molecule has 4 N–H and O–H groups in total. The van der Waals surface area contributed by atoms with Crippen LogP contribution in [-0.4, -0.2) is 12.6 Å². The van der Waals surface area contributed by atoms with E-state index in [4.69, 9.17) is 11.5 Å². The second-order valence-corrected chi connectivity index (χ2v) is 6.21. The first-order chi connectivity index (χ1) is 9.63. The third-order valence-electron chi connectivity index (χ3n) is 2.56. The average Bonchev–Trinajstić information content (AvgIpc) is 2.46. The Hall–Kier alpha value is -1.92. The minimum Gasteiger partial charge on any atom is -0.398 e. The van der Waals surface area contributed by atoms with E-state index < -0.39 is 0 Å². The second kappa shape index (κ2) is 6.49. The average molecular weight is 304 g/mol. The summed E-state index contributed by atoms with van der Waals surface area (Å²) in [7, 11) is 2.91. The summed E-state index contributed by atoms with van der Waals surface area (Å²) < 4.78 is 0. The zero-order valence-electron chi connectivity index (χ0n) is 10.4. The number of hydrogen-bond donors (Lipinski definition) is 2. The maximum Gasteiger partial charge on any atom is 0.150 e. The van der Waals surface area contributed by atoms with E-state index in [0.717, 1.165) is 22.4 Å². The van der Waals surface area contributed by atoms with Crippen molar-refractivity contribution in [2.45, 2.75) is 9.79 Å². The van der Waals surface area contributed by atoms with Crippen molar-refractivity contribution in [1.82, 2.24) is 0 Å². The molecule has 0 aliphatic rings. The van der Waals surface area contributed by atoms with Gasteiger partial charge in [0.05, 0.1) is 0 Å². The summed E-state index contributed by atoms with van der Waals surface area (Å²) in [6.07, 6.45) is 1.52. The molecule has 0 aliphatic heterocycles. The van der Waals surface area contributed by atoms with Crippen molar-refractivity contribution in [1.29, 1.82) is 0 Å². The Kier molecular flexibility index (Phi) is 4.70. The van der Waals surface area contributed by atoms with Crippen LogP contribution in [0.2, 0.25) is 0 Å². The van der Waals surface area contributed by atoms with Gasteiger partial charge in [0.15, 0.2) is 0 Å². The number of carbonyl (C=O) groups is 2. The van der Waals surface area contributed by atoms with Crippen molar-refractivity contribution in [2.75, 3.05) is 11.5 Å². The van der Waals surface area contributed by atoms with Crippen LogP contribution in [0.15, 0.2) is 46.2 Å². The number of nitrogens with two attached hydrogens (primary N) is 2. The molecule has 4 nitrogen and oxygen atoms in total. The number of nitrogen functional groups attached to an aromatic ring is 2. The normalized spacial score (nSPS) is 10.2. The molecule has 0 amide bonds. The molecule has 0 spiro atoms. The molecular formula is C14H12N2O2S2. The molecule has 0 atom stereocenters. The summed E-state index contributed by atoms with van der Waals surface area (Å²) in [5, 5.41) is 0. The maximum absolute atomic E-state index is 10.6. The minimum absolute atomic E-state index is 0.548. The van der Waals surface area contributed by atoms with Gasteiger partial charge in [-0.3, -0.25) is 9.59 Å². The Morgan fingerprint density at radius 3 is 1.45 bits per heavy atom. The first-order valence-corrected chi connectivity index (χ1v) is 7.83. The zero-order chi connectivity index (χ0) is 14.5. The van der Waals surface area contributed by atoms with Crippen LogP contribution in [0.4, 0.5) is 11.4 Å². The van der Waals surface area contributed by atoms with Gasteiger partial charge in [-0.15, -0.1) is 0 Å². The van der Waals surface area contributed by atoms with Crippen molar-refractivity contribution in [3.8, 4) is 0 Å². The second-order valence-electron chi connectivity index (χ2n) is 4.00. The molecule has 0 unspecified atom stereocenters. The molecular weight excluding hydrogens is 292 g/mol.